The molecule has 3 N–H and O–H groups in total. The third-order valence-electron chi connectivity index (χ3n) is 3.15. The molecule has 1 aromatic rings. The zero-order valence-corrected chi connectivity index (χ0v) is 11.5. The number of para-hydroxylation sites is 1. The Morgan fingerprint density at radius 2 is 2.29 bits per heavy atom. The van der Waals surface area contributed by atoms with Crippen LogP contribution in [0.3, 0.4) is 0 Å². The molecule has 1 saturated heterocycles. The number of nitro groups is 1. The quantitative estimate of drug-likeness (QED) is 0.544. The van der Waals surface area contributed by atoms with Gasteiger partial charge in [0, 0.05) is 25.6 Å². The summed E-state index contributed by atoms with van der Waals surface area (Å²) in [5.74, 6) is -0.553. The summed E-state index contributed by atoms with van der Waals surface area (Å²) in [4.78, 5) is 33.9. The Kier molecular flexibility index (Phi) is 4.36. The molecule has 8 nitrogen and oxygen atoms in total. The second-order valence-corrected chi connectivity index (χ2v) is 4.67. The molecule has 1 atom stereocenters. The number of anilines is 1. The zero-order valence-electron chi connectivity index (χ0n) is 11.5. The molecule has 1 fully saturated rings. The van der Waals surface area contributed by atoms with Crippen molar-refractivity contribution < 1.29 is 14.5 Å². The highest BCUT2D eigenvalue weighted by Gasteiger charge is 2.26. The van der Waals surface area contributed by atoms with Crippen molar-refractivity contribution in [1.29, 1.82) is 0 Å². The van der Waals surface area contributed by atoms with Gasteiger partial charge < -0.3 is 16.0 Å². The van der Waals surface area contributed by atoms with Crippen molar-refractivity contribution in [2.24, 2.45) is 0 Å². The van der Waals surface area contributed by atoms with Gasteiger partial charge in [0.05, 0.1) is 16.5 Å². The minimum Gasteiger partial charge on any atom is -0.379 e. The number of hydrogen-bond acceptors (Lipinski definition) is 5. The van der Waals surface area contributed by atoms with Crippen LogP contribution in [0, 0.1) is 10.1 Å². The summed E-state index contributed by atoms with van der Waals surface area (Å²) in [7, 11) is 0. The maximum Gasteiger partial charge on any atom is 0.293 e. The lowest BCUT2D eigenvalue weighted by atomic mass is 10.1. The molecule has 0 aliphatic carbocycles. The van der Waals surface area contributed by atoms with Crippen molar-refractivity contribution in [3.63, 3.8) is 0 Å². The molecule has 112 valence electrons. The number of hydrogen-bond donors (Lipinski definition) is 3. The number of nitrogens with zero attached hydrogens (tertiary/aromatic N) is 1. The maximum absolute atomic E-state index is 12.3. The van der Waals surface area contributed by atoms with Crippen molar-refractivity contribution in [1.82, 2.24) is 10.6 Å². The molecule has 2 amide bonds. The van der Waals surface area contributed by atoms with Gasteiger partial charge in [-0.2, -0.15) is 0 Å². The van der Waals surface area contributed by atoms with Gasteiger partial charge in [-0.25, -0.2) is 0 Å². The van der Waals surface area contributed by atoms with E-state index in [0.717, 1.165) is 0 Å². The lowest BCUT2D eigenvalue weighted by Gasteiger charge is -2.14. The first-order chi connectivity index (χ1) is 10.0. The van der Waals surface area contributed by atoms with Crippen molar-refractivity contribution in [2.75, 3.05) is 18.4 Å². The molecule has 2 rings (SSSR count). The van der Waals surface area contributed by atoms with Gasteiger partial charge in [0.25, 0.3) is 11.6 Å². The molecule has 1 aliphatic heterocycles. The fourth-order valence-corrected chi connectivity index (χ4v) is 2.21. The topological polar surface area (TPSA) is 113 Å². The molecule has 8 heteroatoms. The molecule has 0 radical (unpaired) electrons. The predicted molar refractivity (Wildman–Crippen MR) is 76.1 cm³/mol. The van der Waals surface area contributed by atoms with Gasteiger partial charge in [0.15, 0.2) is 0 Å². The van der Waals surface area contributed by atoms with Gasteiger partial charge in [-0.3, -0.25) is 19.7 Å². The molecular formula is C13H16N4O4. The zero-order chi connectivity index (χ0) is 15.4. The third kappa shape index (κ3) is 3.28. The van der Waals surface area contributed by atoms with Gasteiger partial charge in [0.1, 0.15) is 5.69 Å². The van der Waals surface area contributed by atoms with Crippen molar-refractivity contribution in [2.45, 2.75) is 19.4 Å². The minimum atomic E-state index is -0.532. The summed E-state index contributed by atoms with van der Waals surface area (Å²) in [5, 5.41) is 19.2. The molecule has 0 bridgehead atoms. The van der Waals surface area contributed by atoms with Gasteiger partial charge >= 0.3 is 0 Å². The Morgan fingerprint density at radius 1 is 1.52 bits per heavy atom. The summed E-state index contributed by atoms with van der Waals surface area (Å²) in [6.45, 7) is 2.61. The standard InChI is InChI=1S/C13H16N4O4/c1-2-14-12-9(4-3-5-10(12)17(20)21)13(19)16-8-6-11(18)15-7-8/h3-5,8,14H,2,6-7H2,1H3,(H,15,18)(H,16,19). The number of amides is 2. The number of carbonyl (C=O) groups excluding carboxylic acids is 2. The number of nitrogens with one attached hydrogen (secondary N) is 3. The van der Waals surface area contributed by atoms with E-state index in [-0.39, 0.29) is 35.3 Å². The molecule has 21 heavy (non-hydrogen) atoms. The average Bonchev–Trinajstić information content (AvgIpc) is 2.84. The number of benzene rings is 1. The number of carbonyl (C=O) groups is 2. The number of rotatable bonds is 5. The molecule has 1 aliphatic rings. The maximum atomic E-state index is 12.3. The smallest absolute Gasteiger partial charge is 0.293 e. The van der Waals surface area contributed by atoms with Gasteiger partial charge in [-0.15, -0.1) is 0 Å². The fourth-order valence-electron chi connectivity index (χ4n) is 2.21. The first-order valence-electron chi connectivity index (χ1n) is 6.61. The van der Waals surface area contributed by atoms with E-state index in [1.807, 2.05) is 0 Å². The second-order valence-electron chi connectivity index (χ2n) is 4.67. The summed E-state index contributed by atoms with van der Waals surface area (Å²) < 4.78 is 0. The Labute approximate surface area is 121 Å². The van der Waals surface area contributed by atoms with E-state index < -0.39 is 10.8 Å². The van der Waals surface area contributed by atoms with E-state index >= 15 is 0 Å². The fraction of sp³-hybridized carbons (Fsp3) is 0.385. The summed E-state index contributed by atoms with van der Waals surface area (Å²) in [5.41, 5.74) is 0.246. The van der Waals surface area contributed by atoms with Crippen LogP contribution in [-0.2, 0) is 4.79 Å². The Hall–Kier alpha value is -2.64. The molecule has 0 aromatic heterocycles. The van der Waals surface area contributed by atoms with Crippen LogP contribution in [0.4, 0.5) is 11.4 Å². The van der Waals surface area contributed by atoms with Crippen LogP contribution in [0.25, 0.3) is 0 Å². The molecular weight excluding hydrogens is 276 g/mol. The van der Waals surface area contributed by atoms with Crippen LogP contribution in [0.2, 0.25) is 0 Å². The van der Waals surface area contributed by atoms with Gasteiger partial charge in [-0.1, -0.05) is 6.07 Å². The monoisotopic (exact) mass is 292 g/mol. The van der Waals surface area contributed by atoms with E-state index in [1.165, 1.54) is 18.2 Å². The minimum absolute atomic E-state index is 0.119. The van der Waals surface area contributed by atoms with E-state index in [4.69, 9.17) is 0 Å². The Bertz CT molecular complexity index is 588. The molecule has 0 saturated carbocycles. The van der Waals surface area contributed by atoms with Crippen LogP contribution in [0.1, 0.15) is 23.7 Å². The van der Waals surface area contributed by atoms with Gasteiger partial charge in [0.2, 0.25) is 5.91 Å². The van der Waals surface area contributed by atoms with Gasteiger partial charge in [-0.05, 0) is 13.0 Å². The van der Waals surface area contributed by atoms with E-state index in [2.05, 4.69) is 16.0 Å². The van der Waals surface area contributed by atoms with Crippen LogP contribution in [-0.4, -0.2) is 35.9 Å². The summed E-state index contributed by atoms with van der Waals surface area (Å²) in [6, 6.07) is 4.03. The van der Waals surface area contributed by atoms with E-state index in [1.54, 1.807) is 6.92 Å². The van der Waals surface area contributed by atoms with Crippen molar-refractivity contribution in [3.8, 4) is 0 Å². The molecule has 1 unspecified atom stereocenters. The van der Waals surface area contributed by atoms with Crippen LogP contribution >= 0.6 is 0 Å². The second kappa shape index (κ2) is 6.21. The van der Waals surface area contributed by atoms with Crippen molar-refractivity contribution >= 4 is 23.2 Å². The highest BCUT2D eigenvalue weighted by Crippen LogP contribution is 2.28. The lowest BCUT2D eigenvalue weighted by Crippen LogP contribution is -2.36. The highest BCUT2D eigenvalue weighted by molar-refractivity contribution is 6.02. The lowest BCUT2D eigenvalue weighted by molar-refractivity contribution is -0.384. The van der Waals surface area contributed by atoms with Crippen LogP contribution in [0.15, 0.2) is 18.2 Å². The Morgan fingerprint density at radius 3 is 2.86 bits per heavy atom. The van der Waals surface area contributed by atoms with E-state index in [0.29, 0.717) is 13.1 Å². The predicted octanol–water partition coefficient (Wildman–Crippen LogP) is 0.645. The van der Waals surface area contributed by atoms with E-state index in [9.17, 15) is 19.7 Å². The first-order valence-corrected chi connectivity index (χ1v) is 6.61. The SMILES string of the molecule is CCNc1c(C(=O)NC2CNC(=O)C2)cccc1[N+](=O)[O-]. The summed E-state index contributed by atoms with van der Waals surface area (Å²) in [6.07, 6.45) is 0.219. The molecule has 0 spiro atoms. The highest BCUT2D eigenvalue weighted by atomic mass is 16.6. The van der Waals surface area contributed by atoms with Crippen LogP contribution < -0.4 is 16.0 Å². The Balaban J connectivity index is 2.25. The normalized spacial score (nSPS) is 17.2. The first kappa shape index (κ1) is 14.8. The average molecular weight is 292 g/mol. The van der Waals surface area contributed by atoms with Crippen molar-refractivity contribution in [3.05, 3.63) is 33.9 Å². The summed E-state index contributed by atoms with van der Waals surface area (Å²) >= 11 is 0. The largest absolute Gasteiger partial charge is 0.379 e. The van der Waals surface area contributed by atoms with Crippen LogP contribution in [0.5, 0.6) is 0 Å². The third-order valence-corrected chi connectivity index (χ3v) is 3.15. The number of nitro benzene ring substituents is 1. The molecule has 1 aromatic carbocycles. The molecule has 1 heterocycles.